The van der Waals surface area contributed by atoms with E-state index in [4.69, 9.17) is 4.98 Å². The lowest BCUT2D eigenvalue weighted by Gasteiger charge is -2.25. The van der Waals surface area contributed by atoms with Crippen molar-refractivity contribution in [3.63, 3.8) is 0 Å². The van der Waals surface area contributed by atoms with E-state index in [-0.39, 0.29) is 0 Å². The van der Waals surface area contributed by atoms with E-state index >= 15 is 0 Å². The monoisotopic (exact) mass is 665 g/mol. The predicted octanol–water partition coefficient (Wildman–Crippen LogP) is 14.4. The molecule has 0 N–H and O–H groups in total. The van der Waals surface area contributed by atoms with Crippen LogP contribution < -0.4 is 0 Å². The van der Waals surface area contributed by atoms with Crippen LogP contribution in [0.2, 0.25) is 0 Å². The fourth-order valence-corrected chi connectivity index (χ4v) is 8.99. The molecule has 1 saturated carbocycles. The second kappa shape index (κ2) is 12.9. The van der Waals surface area contributed by atoms with E-state index in [1.807, 2.05) is 6.20 Å². The largest absolute Gasteiger partial charge is 0.256 e. The van der Waals surface area contributed by atoms with E-state index in [2.05, 4.69) is 164 Å². The van der Waals surface area contributed by atoms with Crippen LogP contribution >= 0.6 is 0 Å². The average Bonchev–Trinajstić information content (AvgIpc) is 3.23. The zero-order valence-electron chi connectivity index (χ0n) is 29.2. The molecule has 1 heteroatoms. The molecule has 10 rings (SSSR count). The van der Waals surface area contributed by atoms with Crippen LogP contribution in [0.5, 0.6) is 0 Å². The minimum Gasteiger partial charge on any atom is -0.256 e. The highest BCUT2D eigenvalue weighted by Crippen LogP contribution is 2.47. The van der Waals surface area contributed by atoms with Gasteiger partial charge in [-0.3, -0.25) is 4.98 Å². The summed E-state index contributed by atoms with van der Waals surface area (Å²) in [4.78, 5) is 4.76. The molecule has 1 aromatic heterocycles. The standard InChI is InChI=1S/C51H39N/c1-2-13-36(14-3-1)41-28-29-48(43-17-7-6-16-42(41)43)51-46-20-10-8-18-44(46)50(45-19-9-11-21-47(45)51)37-25-22-35(23-26-37)39-30-31-52-49(33-39)40-27-24-34-12-4-5-15-38(34)32-40/h4-12,15-33,36H,1-3,13-14H2. The molecule has 1 nitrogen and oxygen atoms in total. The Morgan fingerprint density at radius 3 is 1.67 bits per heavy atom. The predicted molar refractivity (Wildman–Crippen MR) is 222 cm³/mol. The number of hydrogen-bond acceptors (Lipinski definition) is 1. The van der Waals surface area contributed by atoms with Crippen LogP contribution in [0, 0.1) is 0 Å². The first kappa shape index (κ1) is 30.7. The number of aromatic nitrogens is 1. The number of pyridine rings is 1. The van der Waals surface area contributed by atoms with Gasteiger partial charge in [-0.1, -0.05) is 165 Å². The lowest BCUT2D eigenvalue weighted by atomic mass is 9.79. The molecule has 0 bridgehead atoms. The molecule has 1 aliphatic rings. The first-order valence-electron chi connectivity index (χ1n) is 18.8. The van der Waals surface area contributed by atoms with Gasteiger partial charge in [0.25, 0.3) is 0 Å². The van der Waals surface area contributed by atoms with Gasteiger partial charge in [-0.05, 0) is 119 Å². The second-order valence-corrected chi connectivity index (χ2v) is 14.5. The van der Waals surface area contributed by atoms with E-state index < -0.39 is 0 Å². The summed E-state index contributed by atoms with van der Waals surface area (Å²) in [7, 11) is 0. The lowest BCUT2D eigenvalue weighted by molar-refractivity contribution is 0.445. The summed E-state index contributed by atoms with van der Waals surface area (Å²) in [5, 5.41) is 10.4. The van der Waals surface area contributed by atoms with E-state index in [0.717, 1.165) is 11.3 Å². The van der Waals surface area contributed by atoms with E-state index in [9.17, 15) is 0 Å². The third-order valence-electron chi connectivity index (χ3n) is 11.5. The van der Waals surface area contributed by atoms with Gasteiger partial charge in [0.15, 0.2) is 0 Å². The van der Waals surface area contributed by atoms with Crippen molar-refractivity contribution >= 4 is 43.1 Å². The second-order valence-electron chi connectivity index (χ2n) is 14.5. The minimum absolute atomic E-state index is 0.656. The van der Waals surface area contributed by atoms with Gasteiger partial charge in [0.2, 0.25) is 0 Å². The molecular formula is C51H39N. The highest BCUT2D eigenvalue weighted by molar-refractivity contribution is 6.23. The highest BCUT2D eigenvalue weighted by Gasteiger charge is 2.22. The van der Waals surface area contributed by atoms with Crippen LogP contribution in [0.25, 0.3) is 87.7 Å². The minimum atomic E-state index is 0.656. The van der Waals surface area contributed by atoms with Gasteiger partial charge in [-0.2, -0.15) is 0 Å². The molecule has 1 aliphatic carbocycles. The summed E-state index contributed by atoms with van der Waals surface area (Å²) < 4.78 is 0. The van der Waals surface area contributed by atoms with E-state index in [0.29, 0.717) is 5.92 Å². The fraction of sp³-hybridized carbons (Fsp3) is 0.118. The Morgan fingerprint density at radius 2 is 0.962 bits per heavy atom. The molecule has 0 aliphatic heterocycles. The third-order valence-corrected chi connectivity index (χ3v) is 11.5. The fourth-order valence-electron chi connectivity index (χ4n) is 8.99. The zero-order chi connectivity index (χ0) is 34.4. The number of benzene rings is 8. The summed E-state index contributed by atoms with van der Waals surface area (Å²) in [6, 6.07) is 60.6. The lowest BCUT2D eigenvalue weighted by Crippen LogP contribution is -2.05. The van der Waals surface area contributed by atoms with Gasteiger partial charge in [0.1, 0.15) is 0 Å². The molecule has 1 heterocycles. The Kier molecular flexibility index (Phi) is 7.64. The van der Waals surface area contributed by atoms with Crippen molar-refractivity contribution in [2.75, 3.05) is 0 Å². The SMILES string of the molecule is c1ccc2cc(-c3cc(-c4ccc(-c5c6ccccc6c(-c6ccc(C7CCCCC7)c7ccccc67)c6ccccc56)cc4)ccn3)ccc2c1. The van der Waals surface area contributed by atoms with Crippen LogP contribution in [0.3, 0.4) is 0 Å². The molecule has 0 radical (unpaired) electrons. The Balaban J connectivity index is 1.09. The van der Waals surface area contributed by atoms with Crippen LogP contribution in [0.1, 0.15) is 43.6 Å². The maximum Gasteiger partial charge on any atom is 0.0708 e. The van der Waals surface area contributed by atoms with Gasteiger partial charge in [0.05, 0.1) is 5.69 Å². The van der Waals surface area contributed by atoms with Crippen molar-refractivity contribution in [1.29, 1.82) is 0 Å². The van der Waals surface area contributed by atoms with Crippen LogP contribution in [-0.4, -0.2) is 4.98 Å². The number of rotatable bonds is 5. The normalized spacial score (nSPS) is 13.7. The van der Waals surface area contributed by atoms with Gasteiger partial charge in [0, 0.05) is 11.8 Å². The molecule has 248 valence electrons. The molecule has 0 unspecified atom stereocenters. The molecule has 0 amide bonds. The smallest absolute Gasteiger partial charge is 0.0708 e. The number of nitrogens with zero attached hydrogens (tertiary/aromatic N) is 1. The van der Waals surface area contributed by atoms with E-state index in [1.54, 1.807) is 0 Å². The van der Waals surface area contributed by atoms with Crippen LogP contribution in [0.15, 0.2) is 170 Å². The van der Waals surface area contributed by atoms with Crippen molar-refractivity contribution in [3.05, 3.63) is 176 Å². The van der Waals surface area contributed by atoms with Crippen molar-refractivity contribution in [3.8, 4) is 44.6 Å². The van der Waals surface area contributed by atoms with Gasteiger partial charge in [-0.15, -0.1) is 0 Å². The molecule has 0 saturated heterocycles. The molecular weight excluding hydrogens is 627 g/mol. The Hall–Kier alpha value is -6.05. The van der Waals surface area contributed by atoms with Gasteiger partial charge < -0.3 is 0 Å². The highest BCUT2D eigenvalue weighted by atomic mass is 14.7. The third kappa shape index (κ3) is 5.28. The number of hydrogen-bond donors (Lipinski definition) is 0. The summed E-state index contributed by atoms with van der Waals surface area (Å²) in [5.41, 5.74) is 11.2. The van der Waals surface area contributed by atoms with Crippen molar-refractivity contribution in [1.82, 2.24) is 4.98 Å². The summed E-state index contributed by atoms with van der Waals surface area (Å²) in [6.45, 7) is 0. The summed E-state index contributed by atoms with van der Waals surface area (Å²) >= 11 is 0. The summed E-state index contributed by atoms with van der Waals surface area (Å²) in [6.07, 6.45) is 8.58. The van der Waals surface area contributed by atoms with E-state index in [1.165, 1.54) is 114 Å². The first-order valence-corrected chi connectivity index (χ1v) is 18.8. The Morgan fingerprint density at radius 1 is 0.385 bits per heavy atom. The Bertz CT molecular complexity index is 2710. The average molecular weight is 666 g/mol. The quantitative estimate of drug-likeness (QED) is 0.167. The zero-order valence-corrected chi connectivity index (χ0v) is 29.2. The van der Waals surface area contributed by atoms with Crippen LogP contribution in [0.4, 0.5) is 0 Å². The molecule has 9 aromatic rings. The molecule has 1 fully saturated rings. The molecule has 0 atom stereocenters. The maximum atomic E-state index is 4.76. The molecule has 0 spiro atoms. The molecule has 52 heavy (non-hydrogen) atoms. The topological polar surface area (TPSA) is 12.9 Å². The molecule has 8 aromatic carbocycles. The van der Waals surface area contributed by atoms with Crippen LogP contribution in [-0.2, 0) is 0 Å². The maximum absolute atomic E-state index is 4.76. The summed E-state index contributed by atoms with van der Waals surface area (Å²) in [5.74, 6) is 0.656. The van der Waals surface area contributed by atoms with Gasteiger partial charge >= 0.3 is 0 Å². The van der Waals surface area contributed by atoms with Crippen molar-refractivity contribution in [2.24, 2.45) is 0 Å². The number of fused-ring (bicyclic) bond motifs is 4. The Labute approximate surface area is 305 Å². The van der Waals surface area contributed by atoms with Crippen molar-refractivity contribution < 1.29 is 0 Å². The van der Waals surface area contributed by atoms with Gasteiger partial charge in [-0.25, -0.2) is 0 Å². The first-order chi connectivity index (χ1) is 25.8. The van der Waals surface area contributed by atoms with Crippen molar-refractivity contribution in [2.45, 2.75) is 38.0 Å².